The molecule has 122 valence electrons. The maximum absolute atomic E-state index is 2.66. The molecule has 3 rings (SSSR count). The minimum absolute atomic E-state index is 0.379. The molecule has 0 atom stereocenters. The zero-order valence-corrected chi connectivity index (χ0v) is 14.4. The highest BCUT2D eigenvalue weighted by atomic mass is 15.2. The summed E-state index contributed by atoms with van der Waals surface area (Å²) in [6.07, 6.45) is 9.03. The summed E-state index contributed by atoms with van der Waals surface area (Å²) >= 11 is 0. The van der Waals surface area contributed by atoms with Crippen molar-refractivity contribution in [2.45, 2.75) is 50.5 Å². The number of nitrogens with zero attached hydrogens (tertiary/aromatic N) is 1. The van der Waals surface area contributed by atoms with Gasteiger partial charge < -0.3 is 4.90 Å². The topological polar surface area (TPSA) is 3.24 Å². The van der Waals surface area contributed by atoms with Crippen LogP contribution in [0, 0.1) is 0 Å². The molecule has 0 spiro atoms. The fourth-order valence-corrected chi connectivity index (χ4v) is 4.03. The maximum atomic E-state index is 2.66. The molecule has 1 heterocycles. The zero-order chi connectivity index (χ0) is 16.0. The van der Waals surface area contributed by atoms with E-state index in [4.69, 9.17) is 0 Å². The van der Waals surface area contributed by atoms with Crippen molar-refractivity contribution in [1.29, 1.82) is 0 Å². The van der Waals surface area contributed by atoms with Crippen molar-refractivity contribution in [1.82, 2.24) is 4.90 Å². The predicted octanol–water partition coefficient (Wildman–Crippen LogP) is 5.11. The van der Waals surface area contributed by atoms with Gasteiger partial charge in [0, 0.05) is 5.54 Å². The smallest absolute Gasteiger partial charge is 0.0212 e. The molecule has 1 heteroatoms. The lowest BCUT2D eigenvalue weighted by atomic mass is 9.78. The number of aryl methyl sites for hydroxylation is 2. The second-order valence-corrected chi connectivity index (χ2v) is 7.07. The van der Waals surface area contributed by atoms with Gasteiger partial charge >= 0.3 is 0 Å². The van der Waals surface area contributed by atoms with Gasteiger partial charge in [-0.05, 0) is 63.2 Å². The third-order valence-corrected chi connectivity index (χ3v) is 5.64. The van der Waals surface area contributed by atoms with Gasteiger partial charge in [-0.15, -0.1) is 0 Å². The van der Waals surface area contributed by atoms with Crippen LogP contribution in [0.2, 0.25) is 0 Å². The Morgan fingerprint density at radius 2 is 1.30 bits per heavy atom. The van der Waals surface area contributed by atoms with Gasteiger partial charge in [0.25, 0.3) is 0 Å². The predicted molar refractivity (Wildman–Crippen MR) is 98.7 cm³/mol. The van der Waals surface area contributed by atoms with Gasteiger partial charge in [0.05, 0.1) is 0 Å². The number of hydrogen-bond donors (Lipinski definition) is 0. The lowest BCUT2D eigenvalue weighted by Gasteiger charge is -2.46. The fraction of sp³-hybridized carbons (Fsp3) is 0.455. The van der Waals surface area contributed by atoms with Crippen molar-refractivity contribution in [3.63, 3.8) is 0 Å². The van der Waals surface area contributed by atoms with Crippen molar-refractivity contribution in [3.05, 3.63) is 71.8 Å². The highest BCUT2D eigenvalue weighted by molar-refractivity contribution is 5.17. The van der Waals surface area contributed by atoms with Crippen LogP contribution in [0.15, 0.2) is 60.7 Å². The van der Waals surface area contributed by atoms with Gasteiger partial charge in [0.1, 0.15) is 0 Å². The SMILES string of the molecule is CN1CCCCC1(CCc1ccccc1)CCc1ccccc1. The Morgan fingerprint density at radius 3 is 1.78 bits per heavy atom. The van der Waals surface area contributed by atoms with Crippen LogP contribution in [0.3, 0.4) is 0 Å². The summed E-state index contributed by atoms with van der Waals surface area (Å²) in [5.74, 6) is 0. The van der Waals surface area contributed by atoms with E-state index in [1.807, 2.05) is 0 Å². The van der Waals surface area contributed by atoms with E-state index in [-0.39, 0.29) is 0 Å². The molecule has 2 aromatic rings. The molecule has 23 heavy (non-hydrogen) atoms. The average Bonchev–Trinajstić information content (AvgIpc) is 2.62. The molecule has 1 fully saturated rings. The second-order valence-electron chi connectivity index (χ2n) is 7.07. The fourth-order valence-electron chi connectivity index (χ4n) is 4.03. The highest BCUT2D eigenvalue weighted by Gasteiger charge is 2.35. The van der Waals surface area contributed by atoms with Crippen LogP contribution in [0.1, 0.15) is 43.2 Å². The Hall–Kier alpha value is -1.60. The minimum atomic E-state index is 0.379. The van der Waals surface area contributed by atoms with Crippen LogP contribution in [-0.2, 0) is 12.8 Å². The molecule has 1 aliphatic heterocycles. The van der Waals surface area contributed by atoms with E-state index in [9.17, 15) is 0 Å². The van der Waals surface area contributed by atoms with Gasteiger partial charge in [0.15, 0.2) is 0 Å². The van der Waals surface area contributed by atoms with Crippen LogP contribution < -0.4 is 0 Å². The van der Waals surface area contributed by atoms with Crippen molar-refractivity contribution in [2.75, 3.05) is 13.6 Å². The quantitative estimate of drug-likeness (QED) is 0.717. The first-order valence-electron chi connectivity index (χ1n) is 9.08. The average molecular weight is 307 g/mol. The van der Waals surface area contributed by atoms with Crippen molar-refractivity contribution < 1.29 is 0 Å². The lowest BCUT2D eigenvalue weighted by Crippen LogP contribution is -2.50. The molecule has 0 aliphatic carbocycles. The summed E-state index contributed by atoms with van der Waals surface area (Å²) in [6.45, 7) is 1.25. The number of hydrogen-bond acceptors (Lipinski definition) is 1. The molecular weight excluding hydrogens is 278 g/mol. The molecule has 2 aromatic carbocycles. The summed E-state index contributed by atoms with van der Waals surface area (Å²) in [4.78, 5) is 2.66. The minimum Gasteiger partial charge on any atom is -0.301 e. The Balaban J connectivity index is 1.69. The van der Waals surface area contributed by atoms with Crippen molar-refractivity contribution in [2.24, 2.45) is 0 Å². The third kappa shape index (κ3) is 4.23. The lowest BCUT2D eigenvalue weighted by molar-refractivity contribution is 0.0564. The molecule has 0 amide bonds. The van der Waals surface area contributed by atoms with Crippen molar-refractivity contribution >= 4 is 0 Å². The molecular formula is C22H29N. The summed E-state index contributed by atoms with van der Waals surface area (Å²) in [6, 6.07) is 22.0. The number of rotatable bonds is 6. The molecule has 0 saturated carbocycles. The molecule has 1 nitrogen and oxygen atoms in total. The zero-order valence-electron chi connectivity index (χ0n) is 14.4. The normalized spacial score (nSPS) is 18.0. The first kappa shape index (κ1) is 16.3. The summed E-state index contributed by atoms with van der Waals surface area (Å²) in [5.41, 5.74) is 3.33. The van der Waals surface area contributed by atoms with Gasteiger partial charge in [-0.1, -0.05) is 67.1 Å². The molecule has 0 N–H and O–H groups in total. The van der Waals surface area contributed by atoms with E-state index in [0.29, 0.717) is 5.54 Å². The Kier molecular flexibility index (Phi) is 5.51. The van der Waals surface area contributed by atoms with Gasteiger partial charge in [0.2, 0.25) is 0 Å². The second kappa shape index (κ2) is 7.79. The highest BCUT2D eigenvalue weighted by Crippen LogP contribution is 2.35. The first-order valence-corrected chi connectivity index (χ1v) is 9.08. The molecule has 0 unspecified atom stereocenters. The van der Waals surface area contributed by atoms with Crippen LogP contribution in [0.5, 0.6) is 0 Å². The number of likely N-dealkylation sites (tertiary alicyclic amines) is 1. The molecule has 1 aliphatic rings. The van der Waals surface area contributed by atoms with Crippen LogP contribution in [0.4, 0.5) is 0 Å². The Labute approximate surface area is 141 Å². The third-order valence-electron chi connectivity index (χ3n) is 5.64. The van der Waals surface area contributed by atoms with E-state index < -0.39 is 0 Å². The van der Waals surface area contributed by atoms with E-state index in [1.54, 1.807) is 0 Å². The molecule has 0 radical (unpaired) electrons. The van der Waals surface area contributed by atoms with E-state index in [1.165, 1.54) is 62.6 Å². The standard InChI is InChI=1S/C22H29N/c1-23-19-9-8-16-22(23,17-14-20-10-4-2-5-11-20)18-15-21-12-6-3-7-13-21/h2-7,10-13H,8-9,14-19H2,1H3. The monoisotopic (exact) mass is 307 g/mol. The maximum Gasteiger partial charge on any atom is 0.0212 e. The van der Waals surface area contributed by atoms with Gasteiger partial charge in [-0.25, -0.2) is 0 Å². The largest absolute Gasteiger partial charge is 0.301 e. The number of piperidine rings is 1. The summed E-state index contributed by atoms with van der Waals surface area (Å²) in [7, 11) is 2.34. The van der Waals surface area contributed by atoms with E-state index >= 15 is 0 Å². The molecule has 0 bridgehead atoms. The van der Waals surface area contributed by atoms with E-state index in [2.05, 4.69) is 72.6 Å². The molecule has 0 aromatic heterocycles. The summed E-state index contributed by atoms with van der Waals surface area (Å²) < 4.78 is 0. The van der Waals surface area contributed by atoms with Crippen molar-refractivity contribution in [3.8, 4) is 0 Å². The molecule has 1 saturated heterocycles. The van der Waals surface area contributed by atoms with E-state index in [0.717, 1.165) is 0 Å². The summed E-state index contributed by atoms with van der Waals surface area (Å²) in [5, 5.41) is 0. The Morgan fingerprint density at radius 1 is 0.783 bits per heavy atom. The van der Waals surface area contributed by atoms with Gasteiger partial charge in [-0.3, -0.25) is 0 Å². The Bertz CT molecular complexity index is 532. The van der Waals surface area contributed by atoms with Crippen LogP contribution in [-0.4, -0.2) is 24.0 Å². The number of benzene rings is 2. The first-order chi connectivity index (χ1) is 11.3. The van der Waals surface area contributed by atoms with Crippen LogP contribution >= 0.6 is 0 Å². The van der Waals surface area contributed by atoms with Crippen LogP contribution in [0.25, 0.3) is 0 Å². The van der Waals surface area contributed by atoms with Gasteiger partial charge in [-0.2, -0.15) is 0 Å².